The number of Topliss-reactive ketones (excluding diaryl/α,β-unsaturated/α-hetero) is 2. The first-order chi connectivity index (χ1) is 26.7. The summed E-state index contributed by atoms with van der Waals surface area (Å²) in [4.78, 5) is 113. The van der Waals surface area contributed by atoms with E-state index in [1.165, 1.54) is 7.11 Å². The number of carbonyl (C=O) groups is 9. The van der Waals surface area contributed by atoms with Crippen LogP contribution in [-0.2, 0) is 68.7 Å². The average molecular weight is 796 g/mol. The van der Waals surface area contributed by atoms with Gasteiger partial charge in [0.2, 0.25) is 17.7 Å². The summed E-state index contributed by atoms with van der Waals surface area (Å²) in [5, 5.41) is 35.4. The molecule has 0 bridgehead atoms. The van der Waals surface area contributed by atoms with Gasteiger partial charge in [-0.1, -0.05) is 37.3 Å². The Morgan fingerprint density at radius 1 is 0.643 bits per heavy atom. The first-order valence-corrected chi connectivity index (χ1v) is 18.1. The average Bonchev–Trinajstić information content (AvgIpc) is 3.13. The number of ether oxygens (including phenoxy) is 4. The van der Waals surface area contributed by atoms with Gasteiger partial charge in [-0.15, -0.1) is 0 Å². The molecule has 6 N–H and O–H groups in total. The van der Waals surface area contributed by atoms with Crippen LogP contribution in [0.5, 0.6) is 0 Å². The Labute approximate surface area is 324 Å². The minimum Gasteiger partial charge on any atom is -0.481 e. The zero-order valence-corrected chi connectivity index (χ0v) is 31.7. The second-order valence-electron chi connectivity index (χ2n) is 12.7. The van der Waals surface area contributed by atoms with Crippen molar-refractivity contribution in [2.45, 2.75) is 83.4 Å². The number of aliphatic carboxylic acids is 3. The predicted octanol–water partition coefficient (Wildman–Crippen LogP) is 0.650. The van der Waals surface area contributed by atoms with Crippen molar-refractivity contribution >= 4 is 53.2 Å². The number of hydrogen-bond donors (Lipinski definition) is 6. The molecule has 19 heteroatoms. The third kappa shape index (κ3) is 22.2. The van der Waals surface area contributed by atoms with Crippen LogP contribution < -0.4 is 16.0 Å². The van der Waals surface area contributed by atoms with Crippen LogP contribution in [0.3, 0.4) is 0 Å². The molecule has 0 aromatic heterocycles. The largest absolute Gasteiger partial charge is 0.481 e. The number of carbonyl (C=O) groups excluding carboxylic acids is 6. The zero-order valence-electron chi connectivity index (χ0n) is 31.7. The molecule has 0 unspecified atom stereocenters. The molecule has 312 valence electrons. The maximum atomic E-state index is 13.7. The molecule has 0 aliphatic carbocycles. The minimum atomic E-state index is -1.80. The molecule has 0 radical (unpaired) electrons. The highest BCUT2D eigenvalue weighted by molar-refractivity contribution is 5.98. The number of rotatable bonds is 32. The Hall–Kier alpha value is -5.27. The molecule has 56 heavy (non-hydrogen) atoms. The fourth-order valence-corrected chi connectivity index (χ4v) is 5.14. The van der Waals surface area contributed by atoms with E-state index in [2.05, 4.69) is 16.0 Å². The van der Waals surface area contributed by atoms with Gasteiger partial charge in [-0.2, -0.15) is 0 Å². The number of methoxy groups -OCH3 is 1. The normalized spacial score (nSPS) is 13.0. The Morgan fingerprint density at radius 3 is 1.77 bits per heavy atom. The Morgan fingerprint density at radius 2 is 1.20 bits per heavy atom. The first kappa shape index (κ1) is 48.7. The van der Waals surface area contributed by atoms with Gasteiger partial charge < -0.3 is 50.2 Å². The smallest absolute Gasteiger partial charge is 0.306 e. The van der Waals surface area contributed by atoms with Crippen molar-refractivity contribution in [1.29, 1.82) is 0 Å². The molecular weight excluding hydrogens is 742 g/mol. The van der Waals surface area contributed by atoms with E-state index in [0.29, 0.717) is 25.2 Å². The number of carboxylic acid groups (broad SMARTS) is 3. The molecule has 4 atom stereocenters. The Kier molecular flexibility index (Phi) is 24.5. The van der Waals surface area contributed by atoms with Crippen LogP contribution in [0, 0.1) is 11.8 Å². The van der Waals surface area contributed by atoms with E-state index in [0.717, 1.165) is 0 Å². The van der Waals surface area contributed by atoms with E-state index in [1.807, 2.05) is 0 Å². The van der Waals surface area contributed by atoms with Gasteiger partial charge in [0.15, 0.2) is 11.6 Å². The summed E-state index contributed by atoms with van der Waals surface area (Å²) in [6.07, 6.45) is -4.53. The van der Waals surface area contributed by atoms with Crippen LogP contribution in [0.15, 0.2) is 30.3 Å². The number of nitrogens with one attached hydrogen (secondary N) is 3. The first-order valence-electron chi connectivity index (χ1n) is 18.1. The Bertz CT molecular complexity index is 1450. The molecule has 0 aliphatic heterocycles. The van der Waals surface area contributed by atoms with Crippen molar-refractivity contribution in [3.63, 3.8) is 0 Å². The SMILES string of the molecule is CCCC(=O)N[C@@H](CC(=O)O)C(=O)C[C@@H](CCC(=O)OCc1ccccc1)C(=O)N[C@@H](CC(=O)O)C(=O)C[C@@H](CC(=O)O)C(=O)NCCOCCOCCOC. The molecule has 1 rings (SSSR count). The van der Waals surface area contributed by atoms with E-state index < -0.39 is 116 Å². The summed E-state index contributed by atoms with van der Waals surface area (Å²) in [5.41, 5.74) is 0.669. The van der Waals surface area contributed by atoms with Crippen molar-refractivity contribution in [3.8, 4) is 0 Å². The molecule has 19 nitrogen and oxygen atoms in total. The van der Waals surface area contributed by atoms with Gasteiger partial charge >= 0.3 is 23.9 Å². The topological polar surface area (TPSA) is 287 Å². The van der Waals surface area contributed by atoms with Gasteiger partial charge in [0.25, 0.3) is 0 Å². The monoisotopic (exact) mass is 795 g/mol. The second-order valence-corrected chi connectivity index (χ2v) is 12.7. The van der Waals surface area contributed by atoms with Crippen LogP contribution in [-0.4, -0.2) is 127 Å². The molecule has 0 fully saturated rings. The van der Waals surface area contributed by atoms with Gasteiger partial charge in [0.1, 0.15) is 6.61 Å². The van der Waals surface area contributed by atoms with Crippen LogP contribution in [0.4, 0.5) is 0 Å². The maximum absolute atomic E-state index is 13.7. The van der Waals surface area contributed by atoms with Crippen LogP contribution in [0.1, 0.15) is 70.3 Å². The highest BCUT2D eigenvalue weighted by Gasteiger charge is 2.34. The standard InChI is InChI=1S/C37H53N3O16/c1-3-7-31(43)39-27(21-33(46)47)29(41)18-25(10-11-35(50)56-23-24-8-5-4-6-9-24)37(52)40-28(22-34(48)49)30(42)19-26(20-32(44)45)36(51)38-12-13-54-16-17-55-15-14-53-2/h4-6,8-9,25-28H,3,7,10-23H2,1-2H3,(H,38,51)(H,39,43)(H,40,52)(H,44,45)(H,46,47)(H,48,49)/t25-,26+,27+,28+/m1/s1. The summed E-state index contributed by atoms with van der Waals surface area (Å²) in [6, 6.07) is 5.30. The lowest BCUT2D eigenvalue weighted by Crippen LogP contribution is -2.48. The lowest BCUT2D eigenvalue weighted by Gasteiger charge is -2.24. The van der Waals surface area contributed by atoms with Crippen molar-refractivity contribution in [1.82, 2.24) is 16.0 Å². The van der Waals surface area contributed by atoms with Crippen molar-refractivity contribution < 1.29 is 77.4 Å². The number of hydrogen-bond acceptors (Lipinski definition) is 13. The number of esters is 1. The number of benzene rings is 1. The van der Waals surface area contributed by atoms with Crippen molar-refractivity contribution in [3.05, 3.63) is 35.9 Å². The van der Waals surface area contributed by atoms with Crippen molar-refractivity contribution in [2.24, 2.45) is 11.8 Å². The van der Waals surface area contributed by atoms with E-state index in [1.54, 1.807) is 37.3 Å². The van der Waals surface area contributed by atoms with E-state index >= 15 is 0 Å². The van der Waals surface area contributed by atoms with Crippen molar-refractivity contribution in [2.75, 3.05) is 46.7 Å². The van der Waals surface area contributed by atoms with Gasteiger partial charge in [0, 0.05) is 45.3 Å². The van der Waals surface area contributed by atoms with Gasteiger partial charge in [-0.25, -0.2) is 0 Å². The van der Waals surface area contributed by atoms with Crippen LogP contribution in [0.25, 0.3) is 0 Å². The maximum Gasteiger partial charge on any atom is 0.306 e. The summed E-state index contributed by atoms with van der Waals surface area (Å²) < 4.78 is 20.7. The van der Waals surface area contributed by atoms with Crippen LogP contribution >= 0.6 is 0 Å². The number of carboxylic acids is 3. The van der Waals surface area contributed by atoms with Gasteiger partial charge in [-0.3, -0.25) is 43.2 Å². The summed E-state index contributed by atoms with van der Waals surface area (Å²) >= 11 is 0. The third-order valence-electron chi connectivity index (χ3n) is 8.01. The van der Waals surface area contributed by atoms with Gasteiger partial charge in [-0.05, 0) is 18.4 Å². The lowest BCUT2D eigenvalue weighted by atomic mass is 9.90. The molecule has 0 saturated heterocycles. The predicted molar refractivity (Wildman–Crippen MR) is 194 cm³/mol. The highest BCUT2D eigenvalue weighted by atomic mass is 16.5. The third-order valence-corrected chi connectivity index (χ3v) is 8.01. The summed E-state index contributed by atoms with van der Waals surface area (Å²) in [5.74, 6) is -12.5. The molecule has 3 amide bonds. The molecule has 1 aromatic rings. The summed E-state index contributed by atoms with van der Waals surface area (Å²) in [6.45, 7) is 2.78. The fraction of sp³-hybridized carbons (Fsp3) is 0.595. The minimum absolute atomic E-state index is 0.0145. The van der Waals surface area contributed by atoms with E-state index in [9.17, 15) is 58.5 Å². The molecule has 0 heterocycles. The molecule has 0 saturated carbocycles. The van der Waals surface area contributed by atoms with E-state index in [-0.39, 0.29) is 45.8 Å². The zero-order chi connectivity index (χ0) is 41.9. The van der Waals surface area contributed by atoms with Gasteiger partial charge in [0.05, 0.1) is 70.3 Å². The molecule has 1 aromatic carbocycles. The molecule has 0 aliphatic rings. The number of amides is 3. The quantitative estimate of drug-likeness (QED) is 0.0431. The van der Waals surface area contributed by atoms with Crippen LogP contribution in [0.2, 0.25) is 0 Å². The fourth-order valence-electron chi connectivity index (χ4n) is 5.14. The number of ketones is 2. The lowest BCUT2D eigenvalue weighted by molar-refractivity contribution is -0.146. The molecular formula is C37H53N3O16. The second kappa shape index (κ2) is 28.2. The van der Waals surface area contributed by atoms with E-state index in [4.69, 9.17) is 18.9 Å². The Balaban J connectivity index is 3.14. The summed E-state index contributed by atoms with van der Waals surface area (Å²) in [7, 11) is 1.52. The molecule has 0 spiro atoms. The highest BCUT2D eigenvalue weighted by Crippen LogP contribution is 2.19.